The van der Waals surface area contributed by atoms with Crippen LogP contribution in [0.2, 0.25) is 0 Å². The first kappa shape index (κ1) is 25.5. The van der Waals surface area contributed by atoms with E-state index >= 15 is 0 Å². The number of hydrogen-bond acceptors (Lipinski definition) is 1. The van der Waals surface area contributed by atoms with Crippen LogP contribution in [0.5, 0.6) is 0 Å². The second-order valence-corrected chi connectivity index (χ2v) is 9.19. The molecule has 0 saturated heterocycles. The van der Waals surface area contributed by atoms with E-state index in [2.05, 4.69) is 150 Å². The van der Waals surface area contributed by atoms with E-state index in [4.69, 9.17) is 0 Å². The molecule has 0 aromatic heterocycles. The molecule has 0 N–H and O–H groups in total. The summed E-state index contributed by atoms with van der Waals surface area (Å²) < 4.78 is 0. The first-order valence-electron chi connectivity index (χ1n) is 9.91. The van der Waals surface area contributed by atoms with Gasteiger partial charge in [0.25, 0.3) is 0 Å². The topological polar surface area (TPSA) is 3.24 Å². The van der Waals surface area contributed by atoms with Crippen LogP contribution in [0.15, 0.2) is 115 Å². The molecule has 0 unspecified atom stereocenters. The Morgan fingerprint density at radius 1 is 0.645 bits per heavy atom. The molecule has 0 radical (unpaired) electrons. The second-order valence-electron chi connectivity index (χ2n) is 6.97. The fourth-order valence-corrected chi connectivity index (χ4v) is 5.35. The third-order valence-electron chi connectivity index (χ3n) is 4.30. The molecule has 0 saturated carbocycles. The molecule has 4 rings (SSSR count). The van der Waals surface area contributed by atoms with Gasteiger partial charge in [0, 0.05) is 6.54 Å². The summed E-state index contributed by atoms with van der Waals surface area (Å²) in [6, 6.07) is 43.5. The summed E-state index contributed by atoms with van der Waals surface area (Å²) in [5.41, 5.74) is 1.24. The predicted molar refractivity (Wildman–Crippen MR) is 134 cm³/mol. The molecule has 0 aliphatic rings. The molecule has 4 heteroatoms. The van der Waals surface area contributed by atoms with Gasteiger partial charge in [0.1, 0.15) is 0 Å². The smallest absolute Gasteiger partial charge is 0.0134 e. The first-order valence-corrected chi connectivity index (χ1v) is 13.3. The Kier molecular flexibility index (Phi) is 12.4. The molecular formula is C27H27ClNPPd. The standard InChI is InChI=1S/C18H15P.C9H12N.ClH.Pd/c1-4-10-16(11-5-1)19(17-12-6-2-7-13-17)18-14-8-3-9-15-18;1-10(2)8-9-6-4-3-5-7-9;;/h1-15H;3-6H,8H2,1-2H3;1H;/q;-1;;+2/p-1. The second kappa shape index (κ2) is 15.1. The maximum Gasteiger partial charge on any atom is -0.0134 e. The summed E-state index contributed by atoms with van der Waals surface area (Å²) in [5, 5.41) is 4.19. The quantitative estimate of drug-likeness (QED) is 0.180. The van der Waals surface area contributed by atoms with E-state index in [0.717, 1.165) is 6.54 Å². The summed E-state index contributed by atoms with van der Waals surface area (Å²) in [5.74, 6) is 0. The summed E-state index contributed by atoms with van der Waals surface area (Å²) in [6.07, 6.45) is 0. The number of benzene rings is 4. The van der Waals surface area contributed by atoms with Gasteiger partial charge in [0.15, 0.2) is 0 Å². The van der Waals surface area contributed by atoms with E-state index in [-0.39, 0.29) is 0 Å². The molecule has 4 aromatic carbocycles. The van der Waals surface area contributed by atoms with Crippen LogP contribution in [-0.2, 0) is 24.7 Å². The van der Waals surface area contributed by atoms with Crippen molar-refractivity contribution < 1.29 is 18.2 Å². The number of nitrogens with zero attached hydrogens (tertiary/aromatic N) is 1. The molecule has 0 amide bonds. The van der Waals surface area contributed by atoms with Crippen molar-refractivity contribution in [1.29, 1.82) is 0 Å². The van der Waals surface area contributed by atoms with Gasteiger partial charge in [-0.1, -0.05) is 91.0 Å². The van der Waals surface area contributed by atoms with E-state index in [9.17, 15) is 0 Å². The number of hydrogen-bond donors (Lipinski definition) is 0. The fraction of sp³-hybridized carbons (Fsp3) is 0.111. The van der Waals surface area contributed by atoms with Crippen LogP contribution in [0.1, 0.15) is 5.56 Å². The summed E-state index contributed by atoms with van der Waals surface area (Å²) in [4.78, 5) is 2.13. The average Bonchev–Trinajstić information content (AvgIpc) is 2.83. The van der Waals surface area contributed by atoms with Crippen molar-refractivity contribution in [3.8, 4) is 0 Å². The Hall–Kier alpha value is -1.78. The zero-order valence-electron chi connectivity index (χ0n) is 17.8. The third-order valence-corrected chi connectivity index (χ3v) is 6.75. The van der Waals surface area contributed by atoms with Crippen molar-refractivity contribution in [2.24, 2.45) is 0 Å². The van der Waals surface area contributed by atoms with Gasteiger partial charge >= 0.3 is 27.7 Å². The maximum atomic E-state index is 4.49. The van der Waals surface area contributed by atoms with Crippen molar-refractivity contribution in [3.63, 3.8) is 0 Å². The zero-order chi connectivity index (χ0) is 22.3. The molecule has 0 spiro atoms. The van der Waals surface area contributed by atoms with Crippen molar-refractivity contribution >= 4 is 33.4 Å². The van der Waals surface area contributed by atoms with Gasteiger partial charge in [-0.2, -0.15) is 30.3 Å². The Morgan fingerprint density at radius 3 is 1.35 bits per heavy atom. The Balaban J connectivity index is 0.000000241. The van der Waals surface area contributed by atoms with Crippen molar-refractivity contribution in [2.45, 2.75) is 6.54 Å². The van der Waals surface area contributed by atoms with Gasteiger partial charge < -0.3 is 4.90 Å². The summed E-state index contributed by atoms with van der Waals surface area (Å²) in [6.45, 7) is 0.973. The van der Waals surface area contributed by atoms with Crippen LogP contribution >= 0.6 is 17.5 Å². The molecule has 1 nitrogen and oxygen atoms in total. The first-order chi connectivity index (χ1) is 15.2. The monoisotopic (exact) mass is 537 g/mol. The fourth-order valence-electron chi connectivity index (χ4n) is 3.05. The van der Waals surface area contributed by atoms with Gasteiger partial charge in [0.05, 0.1) is 0 Å². The van der Waals surface area contributed by atoms with Crippen LogP contribution in [0.3, 0.4) is 0 Å². The van der Waals surface area contributed by atoms with E-state index in [1.165, 1.54) is 21.5 Å². The molecule has 31 heavy (non-hydrogen) atoms. The van der Waals surface area contributed by atoms with E-state index in [1.807, 2.05) is 18.2 Å². The molecule has 0 fully saturated rings. The van der Waals surface area contributed by atoms with Gasteiger partial charge in [-0.05, 0) is 37.9 Å². The largest absolute Gasteiger partial charge is 0.0622 e. The van der Waals surface area contributed by atoms with E-state index in [1.54, 1.807) is 0 Å². The van der Waals surface area contributed by atoms with Crippen molar-refractivity contribution in [2.75, 3.05) is 14.1 Å². The van der Waals surface area contributed by atoms with Gasteiger partial charge in [-0.3, -0.25) is 0 Å². The van der Waals surface area contributed by atoms with Crippen LogP contribution < -0.4 is 15.9 Å². The molecular weight excluding hydrogens is 511 g/mol. The zero-order valence-corrected chi connectivity index (χ0v) is 21.0. The Labute approximate surface area is 203 Å². The van der Waals surface area contributed by atoms with Crippen LogP contribution in [0.25, 0.3) is 0 Å². The minimum atomic E-state index is -0.446. The molecule has 0 aliphatic carbocycles. The number of rotatable bonds is 5. The normalized spacial score (nSPS) is 10.0. The van der Waals surface area contributed by atoms with Gasteiger partial charge in [-0.25, -0.2) is 0 Å². The summed E-state index contributed by atoms with van der Waals surface area (Å²) in [7, 11) is 8.16. The SMILES string of the molecule is CN(C)Cc1[c-]cccc1.[Cl][Pd+].c1ccc(P(c2ccccc2)c2ccccc2)cc1. The molecule has 0 atom stereocenters. The maximum absolute atomic E-state index is 4.49. The molecule has 4 aromatic rings. The molecule has 0 aliphatic heterocycles. The van der Waals surface area contributed by atoms with Gasteiger partial charge in [-0.15, -0.1) is 5.56 Å². The summed E-state index contributed by atoms with van der Waals surface area (Å²) >= 11 is 2.22. The molecule has 0 bridgehead atoms. The van der Waals surface area contributed by atoms with Crippen molar-refractivity contribution in [1.82, 2.24) is 4.90 Å². The van der Waals surface area contributed by atoms with E-state index < -0.39 is 7.92 Å². The molecule has 162 valence electrons. The predicted octanol–water partition coefficient (Wildman–Crippen LogP) is 5.68. The minimum Gasteiger partial charge on any atom is -0.0622 e. The van der Waals surface area contributed by atoms with E-state index in [0.29, 0.717) is 0 Å². The Morgan fingerprint density at radius 2 is 1.03 bits per heavy atom. The Bertz CT molecular complexity index is 857. The van der Waals surface area contributed by atoms with Gasteiger partial charge in [0.2, 0.25) is 0 Å². The number of halogens is 1. The van der Waals surface area contributed by atoms with Crippen LogP contribution in [0, 0.1) is 6.07 Å². The minimum absolute atomic E-state index is 0.446. The third kappa shape index (κ3) is 9.08. The molecule has 0 heterocycles. The van der Waals surface area contributed by atoms with Crippen LogP contribution in [0.4, 0.5) is 0 Å². The van der Waals surface area contributed by atoms with Crippen molar-refractivity contribution in [3.05, 3.63) is 127 Å². The average molecular weight is 538 g/mol. The van der Waals surface area contributed by atoms with Crippen LogP contribution in [-0.4, -0.2) is 19.0 Å².